The van der Waals surface area contributed by atoms with Crippen molar-refractivity contribution in [2.24, 2.45) is 0 Å². The third kappa shape index (κ3) is 2.70. The van der Waals surface area contributed by atoms with Gasteiger partial charge in [-0.2, -0.15) is 0 Å². The Kier molecular flexibility index (Phi) is 4.11. The van der Waals surface area contributed by atoms with Crippen LogP contribution in [0.3, 0.4) is 0 Å². The first-order chi connectivity index (χ1) is 10.6. The van der Waals surface area contributed by atoms with Crippen molar-refractivity contribution in [1.29, 1.82) is 0 Å². The van der Waals surface area contributed by atoms with Gasteiger partial charge in [-0.05, 0) is 18.2 Å². The molecule has 1 aliphatic heterocycles. The van der Waals surface area contributed by atoms with E-state index in [-0.39, 0.29) is 11.1 Å². The normalized spacial score (nSPS) is 17.8. The van der Waals surface area contributed by atoms with Gasteiger partial charge in [0.25, 0.3) is 5.91 Å². The smallest absolute Gasteiger partial charge is 0.258 e. The second-order valence-electron chi connectivity index (χ2n) is 4.87. The zero-order valence-corrected chi connectivity index (χ0v) is 12.2. The molecule has 0 N–H and O–H groups in total. The van der Waals surface area contributed by atoms with Gasteiger partial charge in [0.2, 0.25) is 0 Å². The molecule has 6 heteroatoms. The van der Waals surface area contributed by atoms with Gasteiger partial charge in [-0.3, -0.25) is 4.79 Å². The predicted octanol–water partition coefficient (Wildman–Crippen LogP) is 3.99. The van der Waals surface area contributed by atoms with Gasteiger partial charge in [-0.1, -0.05) is 18.2 Å². The summed E-state index contributed by atoms with van der Waals surface area (Å²) in [5.74, 6) is -1.86. The Hall–Kier alpha value is -1.95. The van der Waals surface area contributed by atoms with Crippen molar-refractivity contribution in [2.75, 3.05) is 12.3 Å². The summed E-state index contributed by atoms with van der Waals surface area (Å²) in [6, 6.07) is 8.97. The molecule has 0 saturated carbocycles. The van der Waals surface area contributed by atoms with Crippen LogP contribution in [0.2, 0.25) is 0 Å². The molecule has 0 aliphatic carbocycles. The fraction of sp³-hybridized carbons (Fsp3) is 0.188. The highest BCUT2D eigenvalue weighted by molar-refractivity contribution is 7.99. The first-order valence-corrected chi connectivity index (χ1v) is 7.75. The van der Waals surface area contributed by atoms with Gasteiger partial charge in [0.15, 0.2) is 0 Å². The van der Waals surface area contributed by atoms with Crippen LogP contribution in [0.15, 0.2) is 42.5 Å². The molecule has 0 bridgehead atoms. The number of amides is 1. The summed E-state index contributed by atoms with van der Waals surface area (Å²) in [5.41, 5.74) is 0.186. The first kappa shape index (κ1) is 15.0. The quantitative estimate of drug-likeness (QED) is 0.833. The number of hydrogen-bond donors (Lipinski definition) is 0. The highest BCUT2D eigenvalue weighted by Gasteiger charge is 2.33. The zero-order valence-electron chi connectivity index (χ0n) is 11.4. The van der Waals surface area contributed by atoms with Gasteiger partial charge in [-0.25, -0.2) is 13.2 Å². The third-order valence-corrected chi connectivity index (χ3v) is 4.73. The maximum atomic E-state index is 14.0. The molecule has 0 spiro atoms. The average Bonchev–Trinajstić information content (AvgIpc) is 2.96. The highest BCUT2D eigenvalue weighted by atomic mass is 32.2. The van der Waals surface area contributed by atoms with Crippen molar-refractivity contribution in [2.45, 2.75) is 5.37 Å². The summed E-state index contributed by atoms with van der Waals surface area (Å²) >= 11 is 1.37. The lowest BCUT2D eigenvalue weighted by Crippen LogP contribution is -2.31. The Bertz CT molecular complexity index is 722. The average molecular weight is 323 g/mol. The number of rotatable bonds is 2. The van der Waals surface area contributed by atoms with Gasteiger partial charge >= 0.3 is 0 Å². The van der Waals surface area contributed by atoms with Gasteiger partial charge in [0.05, 0.1) is 5.56 Å². The molecule has 0 aromatic heterocycles. The van der Waals surface area contributed by atoms with Gasteiger partial charge < -0.3 is 4.90 Å². The maximum Gasteiger partial charge on any atom is 0.258 e. The van der Waals surface area contributed by atoms with Crippen LogP contribution in [0.4, 0.5) is 13.2 Å². The Morgan fingerprint density at radius 1 is 1.09 bits per heavy atom. The zero-order chi connectivity index (χ0) is 15.7. The van der Waals surface area contributed by atoms with Crippen LogP contribution in [0.5, 0.6) is 0 Å². The molecule has 2 aromatic rings. The van der Waals surface area contributed by atoms with Crippen molar-refractivity contribution >= 4 is 17.7 Å². The predicted molar refractivity (Wildman–Crippen MR) is 79.0 cm³/mol. The second-order valence-corrected chi connectivity index (χ2v) is 6.06. The summed E-state index contributed by atoms with van der Waals surface area (Å²) in [6.45, 7) is 0.388. The molecular formula is C16H12F3NOS. The molecule has 1 aliphatic rings. The fourth-order valence-electron chi connectivity index (χ4n) is 2.43. The van der Waals surface area contributed by atoms with E-state index in [0.29, 0.717) is 12.3 Å². The van der Waals surface area contributed by atoms with Crippen LogP contribution in [0.1, 0.15) is 21.3 Å². The van der Waals surface area contributed by atoms with Crippen LogP contribution in [0, 0.1) is 17.5 Å². The summed E-state index contributed by atoms with van der Waals surface area (Å²) < 4.78 is 40.8. The van der Waals surface area contributed by atoms with Crippen molar-refractivity contribution in [1.82, 2.24) is 4.90 Å². The lowest BCUT2D eigenvalue weighted by Gasteiger charge is -2.24. The Morgan fingerprint density at radius 2 is 1.86 bits per heavy atom. The first-order valence-electron chi connectivity index (χ1n) is 6.70. The number of carbonyl (C=O) groups is 1. The van der Waals surface area contributed by atoms with Gasteiger partial charge in [-0.15, -0.1) is 11.8 Å². The fourth-order valence-corrected chi connectivity index (χ4v) is 3.70. The van der Waals surface area contributed by atoms with E-state index in [0.717, 1.165) is 12.1 Å². The molecule has 3 rings (SSSR count). The van der Waals surface area contributed by atoms with E-state index in [1.807, 2.05) is 0 Å². The topological polar surface area (TPSA) is 20.3 Å². The van der Waals surface area contributed by atoms with Crippen molar-refractivity contribution < 1.29 is 18.0 Å². The molecule has 22 heavy (non-hydrogen) atoms. The summed E-state index contributed by atoms with van der Waals surface area (Å²) in [5, 5.41) is -0.576. The number of benzene rings is 2. The van der Waals surface area contributed by atoms with E-state index < -0.39 is 28.7 Å². The second kappa shape index (κ2) is 6.04. The van der Waals surface area contributed by atoms with E-state index in [4.69, 9.17) is 0 Å². The molecule has 2 aromatic carbocycles. The molecule has 1 heterocycles. The standard InChI is InChI=1S/C16H12F3NOS/c17-10-5-6-12(14(19)9-10)16-20(7-8-22-16)15(21)11-3-1-2-4-13(11)18/h1-6,9,16H,7-8H2/t16-/m1/s1. The van der Waals surface area contributed by atoms with Gasteiger partial charge in [0.1, 0.15) is 22.8 Å². The summed E-state index contributed by atoms with van der Waals surface area (Å²) in [7, 11) is 0. The minimum atomic E-state index is -0.703. The largest absolute Gasteiger partial charge is 0.321 e. The molecular weight excluding hydrogens is 311 g/mol. The van der Waals surface area contributed by atoms with Crippen LogP contribution in [-0.4, -0.2) is 23.1 Å². The third-order valence-electron chi connectivity index (χ3n) is 3.48. The van der Waals surface area contributed by atoms with Crippen LogP contribution in [0.25, 0.3) is 0 Å². The lowest BCUT2D eigenvalue weighted by atomic mass is 10.1. The van der Waals surface area contributed by atoms with Crippen molar-refractivity contribution in [3.8, 4) is 0 Å². The van der Waals surface area contributed by atoms with E-state index in [2.05, 4.69) is 0 Å². The molecule has 0 radical (unpaired) electrons. The van der Waals surface area contributed by atoms with Gasteiger partial charge in [0, 0.05) is 23.9 Å². The minimum absolute atomic E-state index is 0.0440. The summed E-state index contributed by atoms with van der Waals surface area (Å²) in [6.07, 6.45) is 0. The molecule has 1 atom stereocenters. The Labute approximate surface area is 129 Å². The number of halogens is 3. The van der Waals surface area contributed by atoms with E-state index in [9.17, 15) is 18.0 Å². The number of hydrogen-bond acceptors (Lipinski definition) is 2. The summed E-state index contributed by atoms with van der Waals surface area (Å²) in [4.78, 5) is 13.9. The van der Waals surface area contributed by atoms with Crippen LogP contribution < -0.4 is 0 Å². The molecule has 114 valence electrons. The number of carbonyl (C=O) groups excluding carboxylic acids is 1. The molecule has 1 saturated heterocycles. The van der Waals surface area contributed by atoms with E-state index in [1.165, 1.54) is 40.9 Å². The van der Waals surface area contributed by atoms with E-state index in [1.54, 1.807) is 6.07 Å². The van der Waals surface area contributed by atoms with E-state index >= 15 is 0 Å². The number of thioether (sulfide) groups is 1. The minimum Gasteiger partial charge on any atom is -0.321 e. The SMILES string of the molecule is O=C(c1ccccc1F)N1CCS[C@@H]1c1ccc(F)cc1F. The molecule has 2 nitrogen and oxygen atoms in total. The number of nitrogens with zero attached hydrogens (tertiary/aromatic N) is 1. The van der Waals surface area contributed by atoms with Crippen LogP contribution in [-0.2, 0) is 0 Å². The monoisotopic (exact) mass is 323 g/mol. The van der Waals surface area contributed by atoms with Crippen LogP contribution >= 0.6 is 11.8 Å². The van der Waals surface area contributed by atoms with Crippen molar-refractivity contribution in [3.05, 3.63) is 71.0 Å². The maximum absolute atomic E-state index is 14.0. The lowest BCUT2D eigenvalue weighted by molar-refractivity contribution is 0.0754. The molecule has 1 amide bonds. The highest BCUT2D eigenvalue weighted by Crippen LogP contribution is 2.40. The Morgan fingerprint density at radius 3 is 2.59 bits per heavy atom. The molecule has 0 unspecified atom stereocenters. The molecule has 1 fully saturated rings. The van der Waals surface area contributed by atoms with Crippen molar-refractivity contribution in [3.63, 3.8) is 0 Å². The Balaban J connectivity index is 1.93.